The first-order valence-corrected chi connectivity index (χ1v) is 6.75. The molecule has 0 amide bonds. The molecule has 18 heavy (non-hydrogen) atoms. The van der Waals surface area contributed by atoms with Crippen molar-refractivity contribution in [2.24, 2.45) is 0 Å². The SMILES string of the molecule is CCOc1ccccc1N1CCCC(O)C1(C)C. The van der Waals surface area contributed by atoms with Crippen LogP contribution in [0.5, 0.6) is 5.75 Å². The van der Waals surface area contributed by atoms with Crippen molar-refractivity contribution < 1.29 is 9.84 Å². The van der Waals surface area contributed by atoms with Crippen LogP contribution in [0.15, 0.2) is 24.3 Å². The smallest absolute Gasteiger partial charge is 0.142 e. The number of para-hydroxylation sites is 2. The summed E-state index contributed by atoms with van der Waals surface area (Å²) in [7, 11) is 0. The van der Waals surface area contributed by atoms with Gasteiger partial charge in [-0.05, 0) is 45.7 Å². The Bertz CT molecular complexity index is 403. The van der Waals surface area contributed by atoms with E-state index >= 15 is 0 Å². The maximum Gasteiger partial charge on any atom is 0.142 e. The summed E-state index contributed by atoms with van der Waals surface area (Å²) in [5, 5.41) is 10.2. The van der Waals surface area contributed by atoms with Crippen LogP contribution in [0, 0.1) is 0 Å². The zero-order valence-corrected chi connectivity index (χ0v) is 11.5. The van der Waals surface area contributed by atoms with Crippen molar-refractivity contribution in [1.82, 2.24) is 0 Å². The molecule has 0 aromatic heterocycles. The van der Waals surface area contributed by atoms with Crippen molar-refractivity contribution in [1.29, 1.82) is 0 Å². The molecule has 1 N–H and O–H groups in total. The number of anilines is 1. The summed E-state index contributed by atoms with van der Waals surface area (Å²) in [6.07, 6.45) is 1.60. The normalized spacial score (nSPS) is 22.9. The lowest BCUT2D eigenvalue weighted by atomic mass is 9.86. The Kier molecular flexibility index (Phi) is 3.81. The van der Waals surface area contributed by atoms with Crippen molar-refractivity contribution >= 4 is 5.69 Å². The van der Waals surface area contributed by atoms with Crippen molar-refractivity contribution in [2.75, 3.05) is 18.1 Å². The van der Waals surface area contributed by atoms with Gasteiger partial charge in [-0.15, -0.1) is 0 Å². The van der Waals surface area contributed by atoms with E-state index in [0.717, 1.165) is 30.8 Å². The molecular formula is C15H23NO2. The highest BCUT2D eigenvalue weighted by molar-refractivity contribution is 5.60. The molecule has 1 atom stereocenters. The highest BCUT2D eigenvalue weighted by Gasteiger charge is 2.38. The third kappa shape index (κ3) is 2.32. The molecule has 0 saturated carbocycles. The molecule has 0 bridgehead atoms. The van der Waals surface area contributed by atoms with Gasteiger partial charge in [0.2, 0.25) is 0 Å². The number of hydrogen-bond acceptors (Lipinski definition) is 3. The summed E-state index contributed by atoms with van der Waals surface area (Å²) in [6.45, 7) is 7.81. The molecule has 0 radical (unpaired) electrons. The lowest BCUT2D eigenvalue weighted by molar-refractivity contribution is 0.0708. The average molecular weight is 249 g/mol. The van der Waals surface area contributed by atoms with E-state index < -0.39 is 0 Å². The highest BCUT2D eigenvalue weighted by Crippen LogP contribution is 2.37. The van der Waals surface area contributed by atoms with Gasteiger partial charge in [0.25, 0.3) is 0 Å². The molecule has 100 valence electrons. The Morgan fingerprint density at radius 3 is 2.83 bits per heavy atom. The molecule has 1 aliphatic heterocycles. The van der Waals surface area contributed by atoms with Gasteiger partial charge >= 0.3 is 0 Å². The summed E-state index contributed by atoms with van der Waals surface area (Å²) < 4.78 is 5.70. The quantitative estimate of drug-likeness (QED) is 0.894. The Morgan fingerprint density at radius 1 is 1.39 bits per heavy atom. The Morgan fingerprint density at radius 2 is 2.11 bits per heavy atom. The number of aliphatic hydroxyl groups is 1. The summed E-state index contributed by atoms with van der Waals surface area (Å²) in [5.41, 5.74) is 0.842. The van der Waals surface area contributed by atoms with E-state index in [4.69, 9.17) is 4.74 Å². The molecular weight excluding hydrogens is 226 g/mol. The Labute approximate surface area is 109 Å². The first kappa shape index (κ1) is 13.2. The Hall–Kier alpha value is -1.22. The molecule has 1 saturated heterocycles. The molecule has 1 heterocycles. The van der Waals surface area contributed by atoms with Gasteiger partial charge in [-0.3, -0.25) is 0 Å². The number of rotatable bonds is 3. The van der Waals surface area contributed by atoms with E-state index in [0.29, 0.717) is 6.61 Å². The van der Waals surface area contributed by atoms with Gasteiger partial charge < -0.3 is 14.7 Å². The summed E-state index contributed by atoms with van der Waals surface area (Å²) in [5.74, 6) is 0.905. The van der Waals surface area contributed by atoms with Crippen LogP contribution in [0.4, 0.5) is 5.69 Å². The second-order valence-corrected chi connectivity index (χ2v) is 5.36. The van der Waals surface area contributed by atoms with E-state index in [2.05, 4.69) is 24.8 Å². The first-order valence-electron chi connectivity index (χ1n) is 6.75. The van der Waals surface area contributed by atoms with Crippen LogP contribution in [0.1, 0.15) is 33.6 Å². The summed E-state index contributed by atoms with van der Waals surface area (Å²) in [6, 6.07) is 8.08. The van der Waals surface area contributed by atoms with Crippen LogP contribution in [-0.2, 0) is 0 Å². The largest absolute Gasteiger partial charge is 0.492 e. The van der Waals surface area contributed by atoms with Crippen molar-refractivity contribution in [2.45, 2.75) is 45.3 Å². The van der Waals surface area contributed by atoms with E-state index in [1.54, 1.807) is 0 Å². The number of piperidine rings is 1. The van der Waals surface area contributed by atoms with Gasteiger partial charge in [-0.1, -0.05) is 12.1 Å². The maximum absolute atomic E-state index is 10.2. The number of ether oxygens (including phenoxy) is 1. The van der Waals surface area contributed by atoms with E-state index in [-0.39, 0.29) is 11.6 Å². The number of benzene rings is 1. The fourth-order valence-electron chi connectivity index (χ4n) is 2.65. The monoisotopic (exact) mass is 249 g/mol. The van der Waals surface area contributed by atoms with Crippen LogP contribution >= 0.6 is 0 Å². The van der Waals surface area contributed by atoms with Gasteiger partial charge in [0.05, 0.1) is 23.9 Å². The van der Waals surface area contributed by atoms with Crippen molar-refractivity contribution in [3.63, 3.8) is 0 Å². The molecule has 3 nitrogen and oxygen atoms in total. The minimum absolute atomic E-state index is 0.245. The highest BCUT2D eigenvalue weighted by atomic mass is 16.5. The van der Waals surface area contributed by atoms with Crippen molar-refractivity contribution in [3.05, 3.63) is 24.3 Å². The standard InChI is InChI=1S/C15H23NO2/c1-4-18-13-9-6-5-8-12(13)16-11-7-10-14(17)15(16,2)3/h5-6,8-9,14,17H,4,7,10-11H2,1-3H3. The molecule has 1 fully saturated rings. The van der Waals surface area contributed by atoms with Crippen molar-refractivity contribution in [3.8, 4) is 5.75 Å². The third-order valence-electron chi connectivity index (χ3n) is 3.83. The number of nitrogens with zero attached hydrogens (tertiary/aromatic N) is 1. The lowest BCUT2D eigenvalue weighted by Crippen LogP contribution is -2.56. The fraction of sp³-hybridized carbons (Fsp3) is 0.600. The second kappa shape index (κ2) is 5.19. The van der Waals surface area contributed by atoms with E-state index in [1.807, 2.05) is 25.1 Å². The van der Waals surface area contributed by atoms with Crippen LogP contribution in [-0.4, -0.2) is 29.9 Å². The van der Waals surface area contributed by atoms with Crippen LogP contribution < -0.4 is 9.64 Å². The van der Waals surface area contributed by atoms with Crippen LogP contribution in [0.3, 0.4) is 0 Å². The van der Waals surface area contributed by atoms with Gasteiger partial charge in [0.1, 0.15) is 5.75 Å². The summed E-state index contributed by atoms with van der Waals surface area (Å²) in [4.78, 5) is 2.27. The first-order chi connectivity index (χ1) is 8.57. The second-order valence-electron chi connectivity index (χ2n) is 5.36. The lowest BCUT2D eigenvalue weighted by Gasteiger charge is -2.47. The van der Waals surface area contributed by atoms with Gasteiger partial charge in [0.15, 0.2) is 0 Å². The fourth-order valence-corrected chi connectivity index (χ4v) is 2.65. The minimum Gasteiger partial charge on any atom is -0.492 e. The zero-order chi connectivity index (χ0) is 13.2. The molecule has 1 aliphatic rings. The predicted molar refractivity (Wildman–Crippen MR) is 74.3 cm³/mol. The average Bonchev–Trinajstić information content (AvgIpc) is 2.34. The molecule has 0 aliphatic carbocycles. The predicted octanol–water partition coefficient (Wildman–Crippen LogP) is 2.83. The number of hydrogen-bond donors (Lipinski definition) is 1. The minimum atomic E-state index is -0.291. The van der Waals surface area contributed by atoms with Gasteiger partial charge in [0, 0.05) is 6.54 Å². The molecule has 1 aromatic carbocycles. The molecule has 3 heteroatoms. The van der Waals surface area contributed by atoms with E-state index in [1.165, 1.54) is 0 Å². The van der Waals surface area contributed by atoms with Gasteiger partial charge in [-0.2, -0.15) is 0 Å². The third-order valence-corrected chi connectivity index (χ3v) is 3.83. The molecule has 1 unspecified atom stereocenters. The van der Waals surface area contributed by atoms with Crippen LogP contribution in [0.25, 0.3) is 0 Å². The summed E-state index contributed by atoms with van der Waals surface area (Å²) >= 11 is 0. The topological polar surface area (TPSA) is 32.7 Å². The molecule has 1 aromatic rings. The maximum atomic E-state index is 10.2. The van der Waals surface area contributed by atoms with Crippen LogP contribution in [0.2, 0.25) is 0 Å². The zero-order valence-electron chi connectivity index (χ0n) is 11.5. The number of aliphatic hydroxyl groups excluding tert-OH is 1. The molecule has 2 rings (SSSR count). The van der Waals surface area contributed by atoms with E-state index in [9.17, 15) is 5.11 Å². The Balaban J connectivity index is 2.35. The van der Waals surface area contributed by atoms with Gasteiger partial charge in [-0.25, -0.2) is 0 Å². The molecule has 0 spiro atoms.